The molecule has 1 aromatic heterocycles. The van der Waals surface area contributed by atoms with Crippen molar-refractivity contribution in [3.8, 4) is 0 Å². The summed E-state index contributed by atoms with van der Waals surface area (Å²) in [5, 5.41) is 2.66. The summed E-state index contributed by atoms with van der Waals surface area (Å²) in [6.07, 6.45) is 4.18. The maximum atomic E-state index is 12.5. The molecule has 4 rings (SSSR count). The summed E-state index contributed by atoms with van der Waals surface area (Å²) in [5.41, 5.74) is 3.92. The second kappa shape index (κ2) is 7.73. The molecule has 8 heteroatoms. The quantitative estimate of drug-likeness (QED) is 0.594. The van der Waals surface area contributed by atoms with Gasteiger partial charge in [-0.05, 0) is 61.1 Å². The number of aromatic nitrogens is 2. The normalized spacial score (nSPS) is 14.0. The fourth-order valence-corrected chi connectivity index (χ4v) is 4.55. The molecular weight excluding hydrogens is 376 g/mol. The minimum Gasteiger partial charge on any atom is -0.324 e. The van der Waals surface area contributed by atoms with E-state index < -0.39 is 10.0 Å². The zero-order valence-electron chi connectivity index (χ0n) is 15.4. The number of rotatable bonds is 6. The standard InChI is InChI=1S/C20H22N4O3S/c25-19(24-20-22-17-7-3-4-8-18(17)23-20)11-12-21-28(26,27)16-10-9-14-5-1-2-6-15(14)13-16/h3-4,7-10,13,21H,1-2,5-6,11-12H2,(H2,22,23,24,25). The number of benzene rings is 2. The van der Waals surface area contributed by atoms with E-state index in [0.29, 0.717) is 5.95 Å². The first-order valence-electron chi connectivity index (χ1n) is 9.37. The highest BCUT2D eigenvalue weighted by Crippen LogP contribution is 2.24. The van der Waals surface area contributed by atoms with Crippen LogP contribution < -0.4 is 10.0 Å². The number of hydrogen-bond acceptors (Lipinski definition) is 4. The highest BCUT2D eigenvalue weighted by Gasteiger charge is 2.18. The fraction of sp³-hybridized carbons (Fsp3) is 0.300. The summed E-state index contributed by atoms with van der Waals surface area (Å²) >= 11 is 0. The summed E-state index contributed by atoms with van der Waals surface area (Å²) in [7, 11) is -3.64. The maximum absolute atomic E-state index is 12.5. The lowest BCUT2D eigenvalue weighted by Crippen LogP contribution is -2.28. The van der Waals surface area contributed by atoms with Crippen molar-refractivity contribution < 1.29 is 13.2 Å². The van der Waals surface area contributed by atoms with Gasteiger partial charge in [0.15, 0.2) is 0 Å². The summed E-state index contributed by atoms with van der Waals surface area (Å²) in [6.45, 7) is 0.0193. The van der Waals surface area contributed by atoms with Gasteiger partial charge in [-0.25, -0.2) is 18.1 Å². The van der Waals surface area contributed by atoms with E-state index in [1.807, 2.05) is 30.3 Å². The van der Waals surface area contributed by atoms with Crippen molar-refractivity contribution in [2.75, 3.05) is 11.9 Å². The Hall–Kier alpha value is -2.71. The SMILES string of the molecule is O=C(CCNS(=O)(=O)c1ccc2c(c1)CCCC2)Nc1nc2ccccc2[nH]1. The van der Waals surface area contributed by atoms with Crippen LogP contribution in [0.1, 0.15) is 30.4 Å². The van der Waals surface area contributed by atoms with Crippen LogP contribution in [0.15, 0.2) is 47.4 Å². The molecule has 3 aromatic rings. The van der Waals surface area contributed by atoms with E-state index in [2.05, 4.69) is 20.0 Å². The number of H-pyrrole nitrogens is 1. The highest BCUT2D eigenvalue weighted by molar-refractivity contribution is 7.89. The van der Waals surface area contributed by atoms with Crippen LogP contribution >= 0.6 is 0 Å². The van der Waals surface area contributed by atoms with Gasteiger partial charge in [0, 0.05) is 13.0 Å². The van der Waals surface area contributed by atoms with Crippen molar-refractivity contribution in [3.05, 3.63) is 53.6 Å². The number of carbonyl (C=O) groups is 1. The molecular formula is C20H22N4O3S. The van der Waals surface area contributed by atoms with Crippen LogP contribution in [0, 0.1) is 0 Å². The molecule has 0 saturated heterocycles. The van der Waals surface area contributed by atoms with Gasteiger partial charge in [-0.2, -0.15) is 0 Å². The number of aryl methyl sites for hydroxylation is 2. The van der Waals surface area contributed by atoms with Gasteiger partial charge in [-0.15, -0.1) is 0 Å². The van der Waals surface area contributed by atoms with Crippen molar-refractivity contribution in [1.29, 1.82) is 0 Å². The number of carbonyl (C=O) groups excluding carboxylic acids is 1. The minimum atomic E-state index is -3.64. The van der Waals surface area contributed by atoms with Crippen LogP contribution in [0.5, 0.6) is 0 Å². The van der Waals surface area contributed by atoms with E-state index in [-0.39, 0.29) is 23.8 Å². The van der Waals surface area contributed by atoms with E-state index in [9.17, 15) is 13.2 Å². The second-order valence-electron chi connectivity index (χ2n) is 6.94. The monoisotopic (exact) mass is 398 g/mol. The average molecular weight is 398 g/mol. The molecule has 7 nitrogen and oxygen atoms in total. The molecule has 1 aliphatic rings. The molecule has 1 aliphatic carbocycles. The summed E-state index contributed by atoms with van der Waals surface area (Å²) in [4.78, 5) is 19.6. The highest BCUT2D eigenvalue weighted by atomic mass is 32.2. The number of amides is 1. The van der Waals surface area contributed by atoms with Crippen LogP contribution in [0.4, 0.5) is 5.95 Å². The Balaban J connectivity index is 1.34. The Labute approximate surface area is 163 Å². The van der Waals surface area contributed by atoms with E-state index in [1.54, 1.807) is 12.1 Å². The first-order chi connectivity index (χ1) is 13.5. The first kappa shape index (κ1) is 18.6. The molecule has 3 N–H and O–H groups in total. The molecule has 1 amide bonds. The average Bonchev–Trinajstić information content (AvgIpc) is 3.09. The first-order valence-corrected chi connectivity index (χ1v) is 10.9. The van der Waals surface area contributed by atoms with Crippen molar-refractivity contribution in [2.45, 2.75) is 37.0 Å². The molecule has 28 heavy (non-hydrogen) atoms. The maximum Gasteiger partial charge on any atom is 0.240 e. The molecule has 0 fully saturated rings. The van der Waals surface area contributed by atoms with Crippen LogP contribution in [0.2, 0.25) is 0 Å². The zero-order valence-corrected chi connectivity index (χ0v) is 16.2. The number of sulfonamides is 1. The topological polar surface area (TPSA) is 104 Å². The number of imidazole rings is 1. The lowest BCUT2D eigenvalue weighted by Gasteiger charge is -2.16. The number of anilines is 1. The van der Waals surface area contributed by atoms with E-state index in [0.717, 1.165) is 42.3 Å². The largest absolute Gasteiger partial charge is 0.324 e. The van der Waals surface area contributed by atoms with Gasteiger partial charge < -0.3 is 4.98 Å². The van der Waals surface area contributed by atoms with E-state index >= 15 is 0 Å². The van der Waals surface area contributed by atoms with Gasteiger partial charge in [0.25, 0.3) is 0 Å². The molecule has 0 unspecified atom stereocenters. The number of fused-ring (bicyclic) bond motifs is 2. The number of nitrogens with zero attached hydrogens (tertiary/aromatic N) is 1. The smallest absolute Gasteiger partial charge is 0.240 e. The van der Waals surface area contributed by atoms with Crippen molar-refractivity contribution >= 4 is 32.9 Å². The Bertz CT molecular complexity index is 1090. The Morgan fingerprint density at radius 3 is 2.68 bits per heavy atom. The summed E-state index contributed by atoms with van der Waals surface area (Å²) in [5.74, 6) is 0.0379. The van der Waals surface area contributed by atoms with Crippen LogP contribution in [0.25, 0.3) is 11.0 Å². The lowest BCUT2D eigenvalue weighted by atomic mass is 9.92. The number of aromatic amines is 1. The minimum absolute atomic E-state index is 0.0151. The third-order valence-corrected chi connectivity index (χ3v) is 6.38. The molecule has 0 bridgehead atoms. The number of para-hydroxylation sites is 2. The van der Waals surface area contributed by atoms with Crippen LogP contribution in [0.3, 0.4) is 0 Å². The molecule has 0 spiro atoms. The van der Waals surface area contributed by atoms with Gasteiger partial charge in [0.1, 0.15) is 0 Å². The van der Waals surface area contributed by atoms with Gasteiger partial charge in [-0.3, -0.25) is 10.1 Å². The second-order valence-corrected chi connectivity index (χ2v) is 8.70. The Morgan fingerprint density at radius 1 is 1.07 bits per heavy atom. The fourth-order valence-electron chi connectivity index (χ4n) is 3.47. The molecule has 0 aliphatic heterocycles. The predicted octanol–water partition coefficient (Wildman–Crippen LogP) is 2.75. The summed E-state index contributed by atoms with van der Waals surface area (Å²) in [6, 6.07) is 12.7. The van der Waals surface area contributed by atoms with Gasteiger partial charge in [0.2, 0.25) is 21.9 Å². The molecule has 1 heterocycles. The molecule has 146 valence electrons. The zero-order chi connectivity index (χ0) is 19.6. The number of nitrogens with one attached hydrogen (secondary N) is 3. The van der Waals surface area contributed by atoms with E-state index in [4.69, 9.17) is 0 Å². The third kappa shape index (κ3) is 4.07. The van der Waals surface area contributed by atoms with Crippen LogP contribution in [-0.4, -0.2) is 30.8 Å². The summed E-state index contributed by atoms with van der Waals surface area (Å²) < 4.78 is 27.5. The third-order valence-electron chi connectivity index (χ3n) is 4.92. The van der Waals surface area contributed by atoms with Gasteiger partial charge in [-0.1, -0.05) is 18.2 Å². The molecule has 0 atom stereocenters. The number of hydrogen-bond donors (Lipinski definition) is 3. The van der Waals surface area contributed by atoms with Gasteiger partial charge in [0.05, 0.1) is 15.9 Å². The van der Waals surface area contributed by atoms with Gasteiger partial charge >= 0.3 is 0 Å². The Morgan fingerprint density at radius 2 is 1.86 bits per heavy atom. The lowest BCUT2D eigenvalue weighted by molar-refractivity contribution is -0.116. The Kier molecular flexibility index (Phi) is 5.15. The van der Waals surface area contributed by atoms with Crippen molar-refractivity contribution in [3.63, 3.8) is 0 Å². The van der Waals surface area contributed by atoms with Crippen LogP contribution in [-0.2, 0) is 27.7 Å². The van der Waals surface area contributed by atoms with Crippen molar-refractivity contribution in [1.82, 2.24) is 14.7 Å². The predicted molar refractivity (Wildman–Crippen MR) is 108 cm³/mol. The molecule has 0 saturated carbocycles. The molecule has 2 aromatic carbocycles. The van der Waals surface area contributed by atoms with E-state index in [1.165, 1.54) is 5.56 Å². The molecule has 0 radical (unpaired) electrons. The van der Waals surface area contributed by atoms with Crippen molar-refractivity contribution in [2.24, 2.45) is 0 Å².